The summed E-state index contributed by atoms with van der Waals surface area (Å²) in [5.74, 6) is 3.38. The summed E-state index contributed by atoms with van der Waals surface area (Å²) in [6.07, 6.45) is 17.8. The number of ether oxygens (including phenoxy) is 2. The van der Waals surface area contributed by atoms with Crippen molar-refractivity contribution in [3.8, 4) is 34.5 Å². The van der Waals surface area contributed by atoms with Gasteiger partial charge in [-0.1, -0.05) is 202 Å². The van der Waals surface area contributed by atoms with Crippen molar-refractivity contribution in [1.82, 2.24) is 0 Å². The topological polar surface area (TPSA) is 177 Å². The quantitative estimate of drug-likeness (QED) is 0.0153. The molecule has 0 unspecified atom stereocenters. The van der Waals surface area contributed by atoms with E-state index in [0.29, 0.717) is 35.7 Å². The van der Waals surface area contributed by atoms with Gasteiger partial charge in [-0.05, 0) is 203 Å². The number of aldehydes is 1. The zero-order valence-corrected chi connectivity index (χ0v) is 75.9. The van der Waals surface area contributed by atoms with Crippen LogP contribution in [0.25, 0.3) is 0 Å². The molecule has 1 aliphatic heterocycles. The first-order valence-corrected chi connectivity index (χ1v) is 38.0. The van der Waals surface area contributed by atoms with Crippen molar-refractivity contribution >= 4 is 176 Å². The van der Waals surface area contributed by atoms with E-state index in [1.807, 2.05) is 78.6 Å². The minimum atomic E-state index is -0.364. The zero-order chi connectivity index (χ0) is 62.8. The number of halogens is 9. The van der Waals surface area contributed by atoms with Crippen molar-refractivity contribution < 1.29 is 144 Å². The minimum Gasteiger partial charge on any atom is -0.508 e. The predicted octanol–water partition coefficient (Wildman–Crippen LogP) is 20.5. The van der Waals surface area contributed by atoms with Crippen molar-refractivity contribution in [2.45, 2.75) is 144 Å². The first-order chi connectivity index (χ1) is 40.2. The molecule has 11 nitrogen and oxygen atoms in total. The number of rotatable bonds is 3. The molecule has 6 aliphatic rings. The first-order valence-electron chi connectivity index (χ1n) is 27.5. The molecule has 513 valence electrons. The smallest absolute Gasteiger partial charge is 0.311 e. The molecular weight excluding hydrogens is 2210 g/mol. The maximum Gasteiger partial charge on any atom is 0.311 e. The molecule has 1 heterocycles. The molecule has 12 rings (SSSR count). The number of phenols is 4. The number of carbonyl (C=O) groups is 2. The average molecular weight is 2300 g/mol. The number of methoxy groups -OCH3 is 1. The molecule has 24 heteroatoms. The van der Waals surface area contributed by atoms with Crippen LogP contribution in [-0.4, -0.2) is 52.0 Å². The fourth-order valence-corrected chi connectivity index (χ4v) is 11.2. The molecule has 0 bridgehead atoms. The second kappa shape index (κ2) is 55.3. The standard InChI is InChI=1S/C12H15O.C11H12O2.C10H11NO3.C10H10O2.C10H12O.C9H10O.CHI3.CH2I2.CH3I.CH2I.2CH3.2FH.Pd.2V.Y/c1-8-7-9(2)12(13-3)11-6-4-5-10(8)11;1-7-5-8(6-12)9-3-2-4-10(9)11(7)13;1-6-5-9(11(13)14)7-3-2-4-8(7)10(6)12;1-7-3-2-4-8-5-6-9(11)12-10(7)8;1-7-5-6-8-3-2-4-9(8)10(7)11;10-9-6-2-4-7-3-1-5-8(7)9;2-1(3)4;2-1-3;2*1-2;;;;;;;;/h7H,1,4-6H2,2-3H3;5-6,13H,2-4H2,1H3;5,12H,2-4H2,1H3;2-4H,5-6H2,1H3;5-6,11H,2-4H2,1H3;2,4,6,10H,1,3,5H2;1H;1H2;1H3;1H2;2*1H3;2*1H;;;;/q-1;;;;;;;;;3*-1;;;;;;. The number of benzene rings is 6. The molecule has 0 saturated heterocycles. The third-order valence-electron chi connectivity index (χ3n) is 15.0. The second-order valence-corrected chi connectivity index (χ2v) is 35.6. The zero-order valence-electron chi connectivity index (χ0n) is 53.6. The molecule has 6 aromatic rings. The van der Waals surface area contributed by atoms with Gasteiger partial charge in [0.1, 0.15) is 40.7 Å². The van der Waals surface area contributed by atoms with E-state index in [-0.39, 0.29) is 137 Å². The van der Waals surface area contributed by atoms with Crippen molar-refractivity contribution in [3.63, 3.8) is 0 Å². The van der Waals surface area contributed by atoms with E-state index < -0.39 is 0 Å². The van der Waals surface area contributed by atoms with E-state index in [1.165, 1.54) is 78.7 Å². The number of nitro benzene ring substituents is 1. The van der Waals surface area contributed by atoms with E-state index in [4.69, 9.17) is 9.47 Å². The summed E-state index contributed by atoms with van der Waals surface area (Å²) >= 11 is 15.6. The molecule has 92 heavy (non-hydrogen) atoms. The Morgan fingerprint density at radius 3 is 1.53 bits per heavy atom. The Labute approximate surface area is 705 Å². The largest absolute Gasteiger partial charge is 0.508 e. The summed E-state index contributed by atoms with van der Waals surface area (Å²) in [6.45, 7) is 13.6. The van der Waals surface area contributed by atoms with Gasteiger partial charge in [-0.25, -0.2) is 0 Å². The summed E-state index contributed by atoms with van der Waals surface area (Å²) in [5.41, 5.74) is 19.3. The van der Waals surface area contributed by atoms with E-state index in [1.54, 1.807) is 26.2 Å². The van der Waals surface area contributed by atoms with Crippen LogP contribution in [0.3, 0.4) is 0 Å². The minimum absolute atomic E-state index is 0. The van der Waals surface area contributed by atoms with Gasteiger partial charge in [0.25, 0.3) is 5.69 Å². The number of carbonyl (C=O) groups excluding carboxylic acids is 2. The number of nitro groups is 1. The van der Waals surface area contributed by atoms with Crippen molar-refractivity contribution in [2.75, 3.05) is 14.5 Å². The predicted molar refractivity (Wildman–Crippen MR) is 422 cm³/mol. The van der Waals surface area contributed by atoms with Gasteiger partial charge in [0.2, 0.25) is 0 Å². The van der Waals surface area contributed by atoms with Gasteiger partial charge in [0.15, 0.2) is 0 Å². The Kier molecular flexibility index (Phi) is 62.3. The Morgan fingerprint density at radius 2 is 1.01 bits per heavy atom. The van der Waals surface area contributed by atoms with Gasteiger partial charge in [-0.2, -0.15) is 18.6 Å². The second-order valence-electron chi connectivity index (χ2n) is 20.3. The Hall–Kier alpha value is 0.635. The van der Waals surface area contributed by atoms with E-state index in [9.17, 15) is 40.1 Å². The maximum atomic E-state index is 11.0. The number of hydrogen-bond donors (Lipinski definition) is 4. The summed E-state index contributed by atoms with van der Waals surface area (Å²) in [7, 11) is 1.75. The molecule has 0 aromatic heterocycles. The maximum absolute atomic E-state index is 11.0. The van der Waals surface area contributed by atoms with Gasteiger partial charge in [0.05, 0.1) is 20.9 Å². The van der Waals surface area contributed by atoms with Gasteiger partial charge in [-0.15, -0.1) is 5.56 Å². The number of para-hydroxylation sites is 1. The van der Waals surface area contributed by atoms with Crippen LogP contribution < -0.4 is 9.47 Å². The van der Waals surface area contributed by atoms with Crippen LogP contribution in [0.2, 0.25) is 0 Å². The number of aromatic hydroxyl groups is 4. The summed E-state index contributed by atoms with van der Waals surface area (Å²) in [5, 5.41) is 49.1. The van der Waals surface area contributed by atoms with Crippen LogP contribution in [-0.2, 0) is 166 Å². The van der Waals surface area contributed by atoms with Gasteiger partial charge < -0.3 is 67.3 Å². The summed E-state index contributed by atoms with van der Waals surface area (Å²) in [6, 6.07) is 21.2. The number of nitrogens with zero attached hydrogens (tertiary/aromatic N) is 1. The summed E-state index contributed by atoms with van der Waals surface area (Å²) in [4.78, 5) is 37.3. The molecule has 0 saturated carbocycles. The van der Waals surface area contributed by atoms with Gasteiger partial charge >= 0.3 is 5.97 Å². The molecule has 0 amide bonds. The Morgan fingerprint density at radius 1 is 0.587 bits per heavy atom. The number of esters is 1. The molecule has 0 fully saturated rings. The SMILES string of the molecule is CI.Cc1cc(C=O)c2c(c1O)CCC2.Cc1cc([N+](=O)[O-])c2c(c1O)CCC2.Cc1ccc2c(c1O)CCC2.Cc1cccc2c1OC(=O)CC2.F.F.IC(I)I.ICI.Oc1cccc2c1CCC2.[CH2-]I.[CH2-]c1cc(C)c(OC)c2c1CCC2.[CH3-].[CH3-].[Pd].[V].[V].[Y]. The number of phenolic OH excluding ortho intramolecular Hbond substituents is 4. The Balaban J connectivity index is -0.000000230. The third kappa shape index (κ3) is 31.3. The van der Waals surface area contributed by atoms with Crippen molar-refractivity contribution in [3.05, 3.63) is 204 Å². The normalized spacial score (nSPS) is 12.3. The fourth-order valence-electron chi connectivity index (χ4n) is 11.2. The van der Waals surface area contributed by atoms with Crippen LogP contribution in [0.15, 0.2) is 66.7 Å². The van der Waals surface area contributed by atoms with E-state index in [2.05, 4.69) is 173 Å². The fraction of sp³-hybridized carbons (Fsp3) is 0.382. The van der Waals surface area contributed by atoms with Gasteiger partial charge in [-0.3, -0.25) is 34.0 Å². The average Bonchev–Trinajstić information content (AvgIpc) is 2.06. The van der Waals surface area contributed by atoms with Crippen LogP contribution in [0.5, 0.6) is 34.5 Å². The van der Waals surface area contributed by atoms with Crippen molar-refractivity contribution in [2.24, 2.45) is 0 Å². The number of alkyl halides is 6. The van der Waals surface area contributed by atoms with Crippen LogP contribution in [0.1, 0.15) is 143 Å². The van der Waals surface area contributed by atoms with Crippen molar-refractivity contribution in [1.29, 1.82) is 0 Å². The molecule has 4 N–H and O–H groups in total. The van der Waals surface area contributed by atoms with E-state index >= 15 is 0 Å². The van der Waals surface area contributed by atoms with Gasteiger partial charge in [0, 0.05) is 113 Å². The number of fused-ring (bicyclic) bond motifs is 6. The molecule has 3 radical (unpaired) electrons. The molecule has 5 aliphatic carbocycles. The molecule has 0 atom stereocenters. The molecule has 0 spiro atoms. The molecular formula is C68H86F2I7NO10PdV2Y-4. The molecule has 6 aromatic carbocycles. The Bertz CT molecular complexity index is 3190. The third-order valence-corrected chi connectivity index (χ3v) is 15.0. The monoisotopic (exact) mass is 2300 g/mol. The number of aryl methyl sites for hydroxylation is 8. The van der Waals surface area contributed by atoms with Crippen LogP contribution in [0, 0.1) is 71.4 Å². The van der Waals surface area contributed by atoms with Crippen LogP contribution in [0.4, 0.5) is 15.1 Å². The van der Waals surface area contributed by atoms with E-state index in [0.717, 1.165) is 138 Å². The number of hydrogen-bond acceptors (Lipinski definition) is 10. The summed E-state index contributed by atoms with van der Waals surface area (Å²) < 4.78 is 12.5. The first kappa shape index (κ1) is 104. The van der Waals surface area contributed by atoms with Crippen LogP contribution >= 0.6 is 158 Å².